The highest BCUT2D eigenvalue weighted by atomic mass is 32.1. The maximum Gasteiger partial charge on any atom is 0.338 e. The van der Waals surface area contributed by atoms with Gasteiger partial charge < -0.3 is 20.1 Å². The number of nitrogens with zero attached hydrogens (tertiary/aromatic N) is 1. The molecule has 160 valence electrons. The van der Waals surface area contributed by atoms with Crippen LogP contribution in [0, 0.1) is 0 Å². The van der Waals surface area contributed by atoms with Crippen molar-refractivity contribution in [3.8, 4) is 5.75 Å². The van der Waals surface area contributed by atoms with Crippen LogP contribution in [0.4, 0.5) is 4.79 Å². The van der Waals surface area contributed by atoms with Crippen LogP contribution >= 0.6 is 11.3 Å². The highest BCUT2D eigenvalue weighted by Crippen LogP contribution is 2.31. The summed E-state index contributed by atoms with van der Waals surface area (Å²) < 4.78 is 10.5. The third-order valence-electron chi connectivity index (χ3n) is 5.12. The Morgan fingerprint density at radius 2 is 2.00 bits per heavy atom. The van der Waals surface area contributed by atoms with Crippen molar-refractivity contribution in [2.24, 2.45) is 0 Å². The number of ether oxygens (including phenoxy) is 2. The van der Waals surface area contributed by atoms with Crippen molar-refractivity contribution in [3.63, 3.8) is 0 Å². The van der Waals surface area contributed by atoms with Gasteiger partial charge in [0.1, 0.15) is 5.75 Å². The number of benzene rings is 1. The van der Waals surface area contributed by atoms with Gasteiger partial charge in [0, 0.05) is 23.2 Å². The Morgan fingerprint density at radius 3 is 2.60 bits per heavy atom. The molecule has 0 fully saturated rings. The topological polar surface area (TPSA) is 79.9 Å². The van der Waals surface area contributed by atoms with E-state index in [1.807, 2.05) is 30.6 Å². The summed E-state index contributed by atoms with van der Waals surface area (Å²) in [6, 6.07) is 10.5. The summed E-state index contributed by atoms with van der Waals surface area (Å²) in [6.07, 6.45) is 0. The van der Waals surface area contributed by atoms with Gasteiger partial charge in [-0.25, -0.2) is 9.59 Å². The van der Waals surface area contributed by atoms with Gasteiger partial charge in [-0.15, -0.1) is 11.3 Å². The van der Waals surface area contributed by atoms with Crippen molar-refractivity contribution in [1.29, 1.82) is 0 Å². The Bertz CT molecular complexity index is 909. The van der Waals surface area contributed by atoms with E-state index in [0.29, 0.717) is 23.6 Å². The maximum atomic E-state index is 12.9. The molecular weight excluding hydrogens is 402 g/mol. The van der Waals surface area contributed by atoms with Crippen molar-refractivity contribution in [1.82, 2.24) is 15.5 Å². The third-order valence-corrected chi connectivity index (χ3v) is 6.16. The van der Waals surface area contributed by atoms with Crippen LogP contribution in [0.5, 0.6) is 5.75 Å². The molecule has 0 aliphatic carbocycles. The number of thiophene rings is 1. The van der Waals surface area contributed by atoms with E-state index in [4.69, 9.17) is 9.47 Å². The van der Waals surface area contributed by atoms with E-state index in [9.17, 15) is 9.59 Å². The van der Waals surface area contributed by atoms with Crippen LogP contribution in [0.3, 0.4) is 0 Å². The van der Waals surface area contributed by atoms with Crippen molar-refractivity contribution >= 4 is 23.3 Å². The van der Waals surface area contributed by atoms with Crippen molar-refractivity contribution in [2.45, 2.75) is 25.9 Å². The van der Waals surface area contributed by atoms with Crippen LogP contribution < -0.4 is 15.4 Å². The van der Waals surface area contributed by atoms with Crippen LogP contribution in [-0.2, 0) is 9.53 Å². The lowest BCUT2D eigenvalue weighted by atomic mass is 9.94. The van der Waals surface area contributed by atoms with Crippen LogP contribution in [0.2, 0.25) is 0 Å². The van der Waals surface area contributed by atoms with Crippen LogP contribution in [-0.4, -0.2) is 44.2 Å². The lowest BCUT2D eigenvalue weighted by Crippen LogP contribution is -2.48. The summed E-state index contributed by atoms with van der Waals surface area (Å²) in [5.74, 6) is 0.253. The molecule has 0 spiro atoms. The standard InChI is InChI=1S/C22H27N3O4S/c1-5-29-21(26)19-17(13-25(3)14(2)18-7-6-12-30-18)23-22(27)24-20(19)15-8-10-16(28-4)11-9-15/h6-12,14,20H,5,13H2,1-4H3,(H2,23,24,27). The number of amides is 2. The Kier molecular flexibility index (Phi) is 7.12. The molecule has 0 radical (unpaired) electrons. The number of methoxy groups -OCH3 is 1. The Morgan fingerprint density at radius 1 is 1.27 bits per heavy atom. The number of likely N-dealkylation sites (N-methyl/N-ethyl adjacent to an activating group) is 1. The third kappa shape index (κ3) is 4.83. The molecule has 30 heavy (non-hydrogen) atoms. The van der Waals surface area contributed by atoms with Gasteiger partial charge in [-0.1, -0.05) is 18.2 Å². The van der Waals surface area contributed by atoms with Crippen molar-refractivity contribution < 1.29 is 19.1 Å². The zero-order valence-corrected chi connectivity index (χ0v) is 18.4. The Labute approximate surface area is 180 Å². The number of carbonyl (C=O) groups is 2. The fourth-order valence-corrected chi connectivity index (χ4v) is 4.22. The predicted octanol–water partition coefficient (Wildman–Crippen LogP) is 3.62. The summed E-state index contributed by atoms with van der Waals surface area (Å²) in [5, 5.41) is 7.72. The number of rotatable bonds is 8. The SMILES string of the molecule is CCOC(=O)C1=C(CN(C)C(C)c2cccs2)NC(=O)NC1c1ccc(OC)cc1. The van der Waals surface area contributed by atoms with Gasteiger partial charge in [-0.3, -0.25) is 4.90 Å². The van der Waals surface area contributed by atoms with Gasteiger partial charge in [0.25, 0.3) is 0 Å². The van der Waals surface area contributed by atoms with E-state index in [1.165, 1.54) is 4.88 Å². The molecule has 2 atom stereocenters. The minimum absolute atomic E-state index is 0.132. The Hall–Kier alpha value is -2.84. The second-order valence-electron chi connectivity index (χ2n) is 7.02. The number of esters is 1. The van der Waals surface area contributed by atoms with Crippen molar-refractivity contribution in [3.05, 3.63) is 63.5 Å². The minimum atomic E-state index is -0.607. The molecule has 3 rings (SSSR count). The minimum Gasteiger partial charge on any atom is -0.497 e. The molecule has 2 aromatic rings. The van der Waals surface area contributed by atoms with E-state index in [2.05, 4.69) is 28.5 Å². The molecule has 8 heteroatoms. The number of hydrogen-bond acceptors (Lipinski definition) is 6. The van der Waals surface area contributed by atoms with Gasteiger partial charge in [0.05, 0.1) is 25.3 Å². The van der Waals surface area contributed by atoms with Crippen LogP contribution in [0.15, 0.2) is 53.0 Å². The van der Waals surface area contributed by atoms with Gasteiger partial charge in [0.2, 0.25) is 0 Å². The van der Waals surface area contributed by atoms with Crippen molar-refractivity contribution in [2.75, 3.05) is 27.3 Å². The first-order valence-corrected chi connectivity index (χ1v) is 10.7. The summed E-state index contributed by atoms with van der Waals surface area (Å²) in [4.78, 5) is 28.6. The molecule has 0 saturated carbocycles. The predicted molar refractivity (Wildman–Crippen MR) is 116 cm³/mol. The zero-order chi connectivity index (χ0) is 21.7. The molecule has 1 aromatic heterocycles. The van der Waals surface area contributed by atoms with Gasteiger partial charge in [0.15, 0.2) is 0 Å². The summed E-state index contributed by atoms with van der Waals surface area (Å²) in [5.41, 5.74) is 1.73. The summed E-state index contributed by atoms with van der Waals surface area (Å²) in [7, 11) is 3.56. The summed E-state index contributed by atoms with van der Waals surface area (Å²) >= 11 is 1.68. The van der Waals surface area contributed by atoms with Gasteiger partial charge in [-0.05, 0) is 50.0 Å². The molecule has 1 aromatic carbocycles. The first-order valence-electron chi connectivity index (χ1n) is 9.79. The average molecular weight is 430 g/mol. The first-order chi connectivity index (χ1) is 14.4. The largest absolute Gasteiger partial charge is 0.497 e. The van der Waals surface area contributed by atoms with E-state index in [-0.39, 0.29) is 18.7 Å². The maximum absolute atomic E-state index is 12.9. The zero-order valence-electron chi connectivity index (χ0n) is 17.6. The molecule has 2 N–H and O–H groups in total. The molecule has 7 nitrogen and oxygen atoms in total. The Balaban J connectivity index is 1.97. The lowest BCUT2D eigenvalue weighted by Gasteiger charge is -2.32. The molecule has 2 heterocycles. The van der Waals surface area contributed by atoms with Gasteiger partial charge in [-0.2, -0.15) is 0 Å². The van der Waals surface area contributed by atoms with Crippen LogP contribution in [0.25, 0.3) is 0 Å². The second kappa shape index (κ2) is 9.77. The number of urea groups is 1. The fourth-order valence-electron chi connectivity index (χ4n) is 3.37. The molecule has 0 bridgehead atoms. The quantitative estimate of drug-likeness (QED) is 0.627. The molecule has 0 saturated heterocycles. The first kappa shape index (κ1) is 21.9. The molecule has 1 aliphatic heterocycles. The molecule has 1 aliphatic rings. The molecular formula is C22H27N3O4S. The molecule has 2 unspecified atom stereocenters. The second-order valence-corrected chi connectivity index (χ2v) is 8.00. The van der Waals surface area contributed by atoms with E-state index < -0.39 is 12.0 Å². The smallest absolute Gasteiger partial charge is 0.338 e. The van der Waals surface area contributed by atoms with E-state index in [0.717, 1.165) is 5.56 Å². The van der Waals surface area contributed by atoms with Gasteiger partial charge >= 0.3 is 12.0 Å². The lowest BCUT2D eigenvalue weighted by molar-refractivity contribution is -0.139. The fraction of sp³-hybridized carbons (Fsp3) is 0.364. The van der Waals surface area contributed by atoms with E-state index >= 15 is 0 Å². The summed E-state index contributed by atoms with van der Waals surface area (Å²) in [6.45, 7) is 4.51. The average Bonchev–Trinajstić information content (AvgIpc) is 3.27. The highest BCUT2D eigenvalue weighted by molar-refractivity contribution is 7.10. The monoisotopic (exact) mass is 429 g/mol. The van der Waals surface area contributed by atoms with E-state index in [1.54, 1.807) is 37.5 Å². The number of nitrogens with one attached hydrogen (secondary N) is 2. The normalized spacial score (nSPS) is 17.4. The van der Waals surface area contributed by atoms with Crippen LogP contribution in [0.1, 0.15) is 36.4 Å². The highest BCUT2D eigenvalue weighted by Gasteiger charge is 2.34. The molecule has 2 amide bonds. The number of carbonyl (C=O) groups excluding carboxylic acids is 2. The number of hydrogen-bond donors (Lipinski definition) is 2.